The average Bonchev–Trinajstić information content (AvgIpc) is 3.18. The van der Waals surface area contributed by atoms with E-state index < -0.39 is 35.0 Å². The van der Waals surface area contributed by atoms with E-state index in [4.69, 9.17) is 9.47 Å². The number of aromatic nitrogens is 1. The summed E-state index contributed by atoms with van der Waals surface area (Å²) < 4.78 is 49.8. The zero-order chi connectivity index (χ0) is 23.3. The minimum atomic E-state index is -4.52. The number of alkyl halides is 3. The van der Waals surface area contributed by atoms with Crippen molar-refractivity contribution in [3.63, 3.8) is 0 Å². The van der Waals surface area contributed by atoms with Gasteiger partial charge >= 0.3 is 18.1 Å². The first-order chi connectivity index (χ1) is 15.1. The summed E-state index contributed by atoms with van der Waals surface area (Å²) in [4.78, 5) is 28.9. The summed E-state index contributed by atoms with van der Waals surface area (Å²) >= 11 is 0. The maximum atomic E-state index is 13.3. The van der Waals surface area contributed by atoms with Crippen molar-refractivity contribution < 1.29 is 32.2 Å². The molecule has 0 radical (unpaired) electrons. The standard InChI is InChI=1S/C24H20F3NO4/c1-13-20-19(16-10-9-15(24(25,26)27)11-18(16)28-20)17(14-7-5-4-6-8-14)12-23(13,21(29)31-2)22(30)32-3/h4-11,17,28H,1,12H2,2-3H3. The number of rotatable bonds is 3. The highest BCUT2D eigenvalue weighted by atomic mass is 19.4. The number of esters is 2. The Morgan fingerprint density at radius 2 is 1.69 bits per heavy atom. The molecule has 0 saturated carbocycles. The molecular formula is C24H20F3NO4. The van der Waals surface area contributed by atoms with Crippen LogP contribution in [0.3, 0.4) is 0 Å². The maximum absolute atomic E-state index is 13.3. The second-order valence-corrected chi connectivity index (χ2v) is 7.71. The second kappa shape index (κ2) is 7.55. The molecular weight excluding hydrogens is 423 g/mol. The number of benzene rings is 2. The summed E-state index contributed by atoms with van der Waals surface area (Å²) in [7, 11) is 2.32. The third-order valence-electron chi connectivity index (χ3n) is 6.11. The van der Waals surface area contributed by atoms with E-state index in [1.54, 1.807) is 0 Å². The maximum Gasteiger partial charge on any atom is 0.416 e. The molecule has 1 N–H and O–H groups in total. The van der Waals surface area contributed by atoms with Crippen LogP contribution in [0.15, 0.2) is 55.1 Å². The monoisotopic (exact) mass is 443 g/mol. The van der Waals surface area contributed by atoms with Gasteiger partial charge in [0.1, 0.15) is 0 Å². The van der Waals surface area contributed by atoms with Gasteiger partial charge in [-0.15, -0.1) is 0 Å². The van der Waals surface area contributed by atoms with Gasteiger partial charge in [0, 0.05) is 22.5 Å². The molecule has 166 valence electrons. The highest BCUT2D eigenvalue weighted by Gasteiger charge is 2.56. The van der Waals surface area contributed by atoms with Gasteiger partial charge in [-0.3, -0.25) is 9.59 Å². The molecule has 1 aliphatic carbocycles. The van der Waals surface area contributed by atoms with Crippen LogP contribution in [0.5, 0.6) is 0 Å². The summed E-state index contributed by atoms with van der Waals surface area (Å²) in [6.45, 7) is 3.99. The van der Waals surface area contributed by atoms with E-state index in [0.29, 0.717) is 16.6 Å². The van der Waals surface area contributed by atoms with E-state index in [-0.39, 0.29) is 17.5 Å². The van der Waals surface area contributed by atoms with Gasteiger partial charge in [-0.25, -0.2) is 0 Å². The smallest absolute Gasteiger partial charge is 0.416 e. The van der Waals surface area contributed by atoms with E-state index in [0.717, 1.165) is 31.9 Å². The first kappa shape index (κ1) is 21.7. The van der Waals surface area contributed by atoms with Crippen LogP contribution in [0.2, 0.25) is 0 Å². The van der Waals surface area contributed by atoms with Crippen molar-refractivity contribution >= 4 is 28.4 Å². The van der Waals surface area contributed by atoms with E-state index in [1.807, 2.05) is 30.3 Å². The number of halogens is 3. The summed E-state index contributed by atoms with van der Waals surface area (Å²) in [5.41, 5.74) is -0.522. The van der Waals surface area contributed by atoms with Crippen molar-refractivity contribution in [3.8, 4) is 0 Å². The Morgan fingerprint density at radius 3 is 2.25 bits per heavy atom. The number of methoxy groups -OCH3 is 2. The lowest BCUT2D eigenvalue weighted by Crippen LogP contribution is -2.45. The molecule has 4 rings (SSSR count). The van der Waals surface area contributed by atoms with Crippen LogP contribution in [-0.4, -0.2) is 31.1 Å². The van der Waals surface area contributed by atoms with Crippen molar-refractivity contribution in [3.05, 3.63) is 77.5 Å². The van der Waals surface area contributed by atoms with Crippen LogP contribution in [0.25, 0.3) is 16.5 Å². The zero-order valence-corrected chi connectivity index (χ0v) is 17.4. The van der Waals surface area contributed by atoms with Gasteiger partial charge in [-0.05, 0) is 35.3 Å². The minimum Gasteiger partial charge on any atom is -0.468 e. The topological polar surface area (TPSA) is 68.4 Å². The molecule has 0 saturated heterocycles. The molecule has 1 atom stereocenters. The Labute approximate surface area is 181 Å². The Kier molecular flexibility index (Phi) is 5.11. The molecule has 0 fully saturated rings. The number of hydrogen-bond acceptors (Lipinski definition) is 4. The Bertz CT molecular complexity index is 1210. The Balaban J connectivity index is 2.04. The molecule has 8 heteroatoms. The van der Waals surface area contributed by atoms with Crippen molar-refractivity contribution in [1.82, 2.24) is 4.98 Å². The van der Waals surface area contributed by atoms with Crippen molar-refractivity contribution in [1.29, 1.82) is 0 Å². The van der Waals surface area contributed by atoms with Gasteiger partial charge in [-0.1, -0.05) is 43.0 Å². The van der Waals surface area contributed by atoms with Gasteiger partial charge in [0.15, 0.2) is 5.41 Å². The minimum absolute atomic E-state index is 0.0316. The zero-order valence-electron chi connectivity index (χ0n) is 17.4. The number of hydrogen-bond donors (Lipinski definition) is 1. The molecule has 0 bridgehead atoms. The fourth-order valence-corrected chi connectivity index (χ4v) is 4.56. The molecule has 0 aliphatic heterocycles. The molecule has 1 heterocycles. The van der Waals surface area contributed by atoms with Crippen molar-refractivity contribution in [2.45, 2.75) is 18.5 Å². The van der Waals surface area contributed by atoms with E-state index in [9.17, 15) is 22.8 Å². The summed E-state index contributed by atoms with van der Waals surface area (Å²) in [5.74, 6) is -2.17. The van der Waals surface area contributed by atoms with Crippen molar-refractivity contribution in [2.24, 2.45) is 5.41 Å². The second-order valence-electron chi connectivity index (χ2n) is 7.71. The number of nitrogens with one attached hydrogen (secondary N) is 1. The predicted octanol–water partition coefficient (Wildman–Crippen LogP) is 5.07. The van der Waals surface area contributed by atoms with Crippen molar-refractivity contribution in [2.75, 3.05) is 14.2 Å². The highest BCUT2D eigenvalue weighted by molar-refractivity contribution is 6.13. The summed E-state index contributed by atoms with van der Waals surface area (Å²) in [6, 6.07) is 12.6. The fraction of sp³-hybridized carbons (Fsp3) is 0.250. The number of ether oxygens (including phenoxy) is 2. The summed E-state index contributed by atoms with van der Waals surface area (Å²) in [5, 5.41) is 0.561. The Morgan fingerprint density at radius 1 is 1.06 bits per heavy atom. The van der Waals surface area contributed by atoms with Crippen LogP contribution in [0, 0.1) is 5.41 Å². The number of fused-ring (bicyclic) bond motifs is 3. The van der Waals surface area contributed by atoms with Crippen LogP contribution in [-0.2, 0) is 25.2 Å². The molecule has 1 aliphatic rings. The largest absolute Gasteiger partial charge is 0.468 e. The van der Waals surface area contributed by atoms with E-state index >= 15 is 0 Å². The SMILES string of the molecule is C=C1c2[nH]c3cc(C(F)(F)F)ccc3c2C(c2ccccc2)CC1(C(=O)OC)C(=O)OC. The lowest BCUT2D eigenvalue weighted by atomic mass is 9.64. The van der Waals surface area contributed by atoms with E-state index in [1.165, 1.54) is 6.07 Å². The molecule has 1 unspecified atom stereocenters. The number of carbonyl (C=O) groups is 2. The lowest BCUT2D eigenvalue weighted by Gasteiger charge is -2.38. The fourth-order valence-electron chi connectivity index (χ4n) is 4.56. The van der Waals surface area contributed by atoms with Gasteiger partial charge in [-0.2, -0.15) is 13.2 Å². The normalized spacial score (nSPS) is 17.7. The van der Waals surface area contributed by atoms with Crippen LogP contribution < -0.4 is 0 Å². The third-order valence-corrected chi connectivity index (χ3v) is 6.11. The molecule has 1 aromatic heterocycles. The molecule has 5 nitrogen and oxygen atoms in total. The third kappa shape index (κ3) is 3.09. The van der Waals surface area contributed by atoms with Crippen LogP contribution in [0.4, 0.5) is 13.2 Å². The van der Waals surface area contributed by atoms with Gasteiger partial charge in [0.2, 0.25) is 0 Å². The highest BCUT2D eigenvalue weighted by Crippen LogP contribution is 2.54. The summed E-state index contributed by atoms with van der Waals surface area (Å²) in [6.07, 6.45) is -4.55. The average molecular weight is 443 g/mol. The van der Waals surface area contributed by atoms with Gasteiger partial charge < -0.3 is 14.5 Å². The molecule has 32 heavy (non-hydrogen) atoms. The number of aromatic amines is 1. The van der Waals surface area contributed by atoms with Gasteiger partial charge in [0.25, 0.3) is 0 Å². The van der Waals surface area contributed by atoms with Crippen LogP contribution in [0.1, 0.15) is 34.7 Å². The van der Waals surface area contributed by atoms with Crippen LogP contribution >= 0.6 is 0 Å². The molecule has 3 aromatic rings. The van der Waals surface area contributed by atoms with E-state index in [2.05, 4.69) is 11.6 Å². The Hall–Kier alpha value is -3.55. The quantitative estimate of drug-likeness (QED) is 0.454. The van der Waals surface area contributed by atoms with Gasteiger partial charge in [0.05, 0.1) is 19.8 Å². The number of H-pyrrole nitrogens is 1. The molecule has 0 spiro atoms. The first-order valence-corrected chi connectivity index (χ1v) is 9.79. The first-order valence-electron chi connectivity index (χ1n) is 9.79. The molecule has 2 aromatic carbocycles. The predicted molar refractivity (Wildman–Crippen MR) is 112 cm³/mol. The lowest BCUT2D eigenvalue weighted by molar-refractivity contribution is -0.165. The number of carbonyl (C=O) groups excluding carboxylic acids is 2. The molecule has 0 amide bonds.